The number of imidazole rings is 1. The summed E-state index contributed by atoms with van der Waals surface area (Å²) in [6, 6.07) is 11.9. The molecular formula is C14H7ClFN3. The van der Waals surface area contributed by atoms with Gasteiger partial charge in [0.25, 0.3) is 0 Å². The Bertz CT molecular complexity index is 817. The van der Waals surface area contributed by atoms with Crippen molar-refractivity contribution < 1.29 is 4.39 Å². The first-order chi connectivity index (χ1) is 9.19. The van der Waals surface area contributed by atoms with Crippen LogP contribution in [0.3, 0.4) is 0 Å². The lowest BCUT2D eigenvalue weighted by molar-refractivity contribution is 0.630. The van der Waals surface area contributed by atoms with Gasteiger partial charge in [-0.15, -0.1) is 0 Å². The largest absolute Gasteiger partial charge is 0.338 e. The van der Waals surface area contributed by atoms with Crippen LogP contribution in [0.4, 0.5) is 4.39 Å². The van der Waals surface area contributed by atoms with Gasteiger partial charge in [-0.3, -0.25) is 0 Å². The number of rotatable bonds is 1. The molecule has 92 valence electrons. The van der Waals surface area contributed by atoms with Gasteiger partial charge in [-0.1, -0.05) is 17.7 Å². The van der Waals surface area contributed by atoms with E-state index in [9.17, 15) is 4.39 Å². The summed E-state index contributed by atoms with van der Waals surface area (Å²) in [5.41, 5.74) is 2.19. The lowest BCUT2D eigenvalue weighted by Crippen LogP contribution is -1.86. The van der Waals surface area contributed by atoms with Gasteiger partial charge < -0.3 is 4.98 Å². The highest BCUT2D eigenvalue weighted by Crippen LogP contribution is 2.27. The van der Waals surface area contributed by atoms with Crippen molar-refractivity contribution in [2.24, 2.45) is 0 Å². The summed E-state index contributed by atoms with van der Waals surface area (Å²) >= 11 is 5.75. The molecule has 5 heteroatoms. The molecule has 0 atom stereocenters. The number of nitrogens with zero attached hydrogens (tertiary/aromatic N) is 2. The van der Waals surface area contributed by atoms with Crippen LogP contribution in [0.1, 0.15) is 5.56 Å². The average Bonchev–Trinajstić information content (AvgIpc) is 2.84. The smallest absolute Gasteiger partial charge is 0.152 e. The van der Waals surface area contributed by atoms with E-state index in [1.165, 1.54) is 6.07 Å². The van der Waals surface area contributed by atoms with Crippen LogP contribution in [-0.4, -0.2) is 9.97 Å². The average molecular weight is 272 g/mol. The zero-order valence-electron chi connectivity index (χ0n) is 9.61. The molecule has 0 spiro atoms. The molecule has 0 saturated carbocycles. The number of hydrogen-bond donors (Lipinski definition) is 1. The van der Waals surface area contributed by atoms with E-state index in [4.69, 9.17) is 16.9 Å². The van der Waals surface area contributed by atoms with Crippen LogP contribution >= 0.6 is 11.6 Å². The van der Waals surface area contributed by atoms with Gasteiger partial charge in [0.05, 0.1) is 33.3 Å². The van der Waals surface area contributed by atoms with E-state index in [1.807, 2.05) is 6.07 Å². The molecule has 1 N–H and O–H groups in total. The Labute approximate surface area is 113 Å². The maximum absolute atomic E-state index is 13.9. The van der Waals surface area contributed by atoms with Crippen LogP contribution in [-0.2, 0) is 0 Å². The molecular weight excluding hydrogens is 265 g/mol. The fourth-order valence-corrected chi connectivity index (χ4v) is 2.07. The molecule has 0 fully saturated rings. The highest BCUT2D eigenvalue weighted by atomic mass is 35.5. The van der Waals surface area contributed by atoms with Crippen molar-refractivity contribution in [3.8, 4) is 17.5 Å². The Morgan fingerprint density at radius 2 is 2.11 bits per heavy atom. The highest BCUT2D eigenvalue weighted by molar-refractivity contribution is 6.31. The van der Waals surface area contributed by atoms with Crippen LogP contribution in [0, 0.1) is 17.1 Å². The monoisotopic (exact) mass is 271 g/mol. The number of nitriles is 1. The standard InChI is InChI=1S/C14H7ClFN3/c15-10-3-1-2-9(13(10)16)14-18-11-5-4-8(7-17)6-12(11)19-14/h1-6H,(H,18,19). The molecule has 0 saturated heterocycles. The number of nitrogens with one attached hydrogen (secondary N) is 1. The zero-order valence-corrected chi connectivity index (χ0v) is 10.4. The van der Waals surface area contributed by atoms with Crippen LogP contribution in [0.5, 0.6) is 0 Å². The fraction of sp³-hybridized carbons (Fsp3) is 0. The molecule has 1 aromatic heterocycles. The topological polar surface area (TPSA) is 52.5 Å². The second kappa shape index (κ2) is 4.38. The van der Waals surface area contributed by atoms with Gasteiger partial charge >= 0.3 is 0 Å². The number of aromatic nitrogens is 2. The number of benzene rings is 2. The Balaban J connectivity index is 2.21. The predicted octanol–water partition coefficient (Wildman–Crippen LogP) is 3.89. The maximum Gasteiger partial charge on any atom is 0.152 e. The highest BCUT2D eigenvalue weighted by Gasteiger charge is 2.12. The SMILES string of the molecule is N#Cc1ccc2nc(-c3cccc(Cl)c3F)[nH]c2c1. The first kappa shape index (κ1) is 11.7. The van der Waals surface area contributed by atoms with Crippen molar-refractivity contribution in [2.45, 2.75) is 0 Å². The molecule has 0 amide bonds. The summed E-state index contributed by atoms with van der Waals surface area (Å²) in [6.45, 7) is 0. The summed E-state index contributed by atoms with van der Waals surface area (Å²) in [6.07, 6.45) is 0. The van der Waals surface area contributed by atoms with E-state index in [-0.39, 0.29) is 5.02 Å². The number of hydrogen-bond acceptors (Lipinski definition) is 2. The van der Waals surface area contributed by atoms with Crippen LogP contribution in [0.25, 0.3) is 22.4 Å². The molecule has 0 radical (unpaired) electrons. The lowest BCUT2D eigenvalue weighted by atomic mass is 10.2. The second-order valence-electron chi connectivity index (χ2n) is 4.03. The molecule has 0 aliphatic carbocycles. The summed E-state index contributed by atoms with van der Waals surface area (Å²) in [5.74, 6) is -0.117. The molecule has 1 heterocycles. The molecule has 3 nitrogen and oxygen atoms in total. The normalized spacial score (nSPS) is 10.6. The van der Waals surface area contributed by atoms with Crippen molar-refractivity contribution in [3.63, 3.8) is 0 Å². The quantitative estimate of drug-likeness (QED) is 0.730. The van der Waals surface area contributed by atoms with Crippen molar-refractivity contribution in [1.29, 1.82) is 5.26 Å². The fourth-order valence-electron chi connectivity index (χ4n) is 1.89. The maximum atomic E-state index is 13.9. The van der Waals surface area contributed by atoms with Gasteiger partial charge in [-0.25, -0.2) is 9.37 Å². The molecule has 3 aromatic rings. The van der Waals surface area contributed by atoms with Crippen molar-refractivity contribution >= 4 is 22.6 Å². The van der Waals surface area contributed by atoms with E-state index in [1.54, 1.807) is 30.3 Å². The lowest BCUT2D eigenvalue weighted by Gasteiger charge is -2.00. The molecule has 0 bridgehead atoms. The number of halogens is 2. The Morgan fingerprint density at radius 3 is 2.89 bits per heavy atom. The van der Waals surface area contributed by atoms with E-state index in [2.05, 4.69) is 9.97 Å². The van der Waals surface area contributed by atoms with Crippen LogP contribution in [0.15, 0.2) is 36.4 Å². The third-order valence-corrected chi connectivity index (χ3v) is 3.11. The van der Waals surface area contributed by atoms with Gasteiger partial charge in [0.2, 0.25) is 0 Å². The third-order valence-electron chi connectivity index (χ3n) is 2.82. The number of aromatic amines is 1. The molecule has 2 aromatic carbocycles. The zero-order chi connectivity index (χ0) is 13.4. The third kappa shape index (κ3) is 1.94. The van der Waals surface area contributed by atoms with E-state index in [0.29, 0.717) is 28.0 Å². The molecule has 0 aliphatic rings. The van der Waals surface area contributed by atoms with E-state index in [0.717, 1.165) is 0 Å². The first-order valence-corrected chi connectivity index (χ1v) is 5.91. The number of fused-ring (bicyclic) bond motifs is 1. The van der Waals surface area contributed by atoms with Crippen LogP contribution in [0.2, 0.25) is 5.02 Å². The van der Waals surface area contributed by atoms with Gasteiger partial charge in [-0.2, -0.15) is 5.26 Å². The summed E-state index contributed by atoms with van der Waals surface area (Å²) < 4.78 is 13.9. The van der Waals surface area contributed by atoms with Crippen molar-refractivity contribution in [1.82, 2.24) is 9.97 Å². The first-order valence-electron chi connectivity index (χ1n) is 5.53. The molecule has 0 unspecified atom stereocenters. The minimum absolute atomic E-state index is 0.0515. The molecule has 19 heavy (non-hydrogen) atoms. The summed E-state index contributed by atoms with van der Waals surface area (Å²) in [5, 5.41) is 8.89. The molecule has 3 rings (SSSR count). The Morgan fingerprint density at radius 1 is 1.26 bits per heavy atom. The Kier molecular flexibility index (Phi) is 2.69. The number of H-pyrrole nitrogens is 1. The molecule has 0 aliphatic heterocycles. The van der Waals surface area contributed by atoms with Crippen molar-refractivity contribution in [3.05, 3.63) is 52.8 Å². The van der Waals surface area contributed by atoms with Crippen molar-refractivity contribution in [2.75, 3.05) is 0 Å². The van der Waals surface area contributed by atoms with Gasteiger partial charge in [0.1, 0.15) is 5.82 Å². The predicted molar refractivity (Wildman–Crippen MR) is 71.2 cm³/mol. The van der Waals surface area contributed by atoms with Crippen LogP contribution < -0.4 is 0 Å². The van der Waals surface area contributed by atoms with Gasteiger partial charge in [0.15, 0.2) is 5.82 Å². The van der Waals surface area contributed by atoms with Gasteiger partial charge in [0, 0.05) is 0 Å². The summed E-state index contributed by atoms with van der Waals surface area (Å²) in [7, 11) is 0. The van der Waals surface area contributed by atoms with Gasteiger partial charge in [-0.05, 0) is 30.3 Å². The Hall–Kier alpha value is -2.38. The van der Waals surface area contributed by atoms with E-state index < -0.39 is 5.82 Å². The minimum atomic E-state index is -0.510. The van der Waals surface area contributed by atoms with E-state index >= 15 is 0 Å². The second-order valence-corrected chi connectivity index (χ2v) is 4.44. The minimum Gasteiger partial charge on any atom is -0.338 e. The summed E-state index contributed by atoms with van der Waals surface area (Å²) in [4.78, 5) is 7.29.